The van der Waals surface area contributed by atoms with Crippen molar-refractivity contribution in [2.75, 3.05) is 0 Å². The number of aromatic nitrogens is 1. The van der Waals surface area contributed by atoms with E-state index in [0.717, 1.165) is 22.2 Å². The number of rotatable bonds is 4. The van der Waals surface area contributed by atoms with E-state index in [1.54, 1.807) is 6.20 Å². The molecular formula is C17H15NO2. The summed E-state index contributed by atoms with van der Waals surface area (Å²) < 4.78 is 5.68. The first kappa shape index (κ1) is 12.6. The molecule has 0 bridgehead atoms. The molecule has 0 spiro atoms. The summed E-state index contributed by atoms with van der Waals surface area (Å²) in [5, 5.41) is 0.978. The van der Waals surface area contributed by atoms with E-state index in [4.69, 9.17) is 4.42 Å². The quantitative estimate of drug-likeness (QED) is 0.671. The number of pyridine rings is 1. The van der Waals surface area contributed by atoms with Crippen molar-refractivity contribution in [3.8, 4) is 0 Å². The van der Waals surface area contributed by atoms with E-state index in [1.165, 1.54) is 0 Å². The average molecular weight is 265 g/mol. The monoisotopic (exact) mass is 265 g/mol. The maximum atomic E-state index is 12.2. The smallest absolute Gasteiger partial charge is 0.198 e. The number of nitrogens with zero attached hydrogens (tertiary/aromatic N) is 1. The van der Waals surface area contributed by atoms with Crippen LogP contribution in [0.4, 0.5) is 0 Å². The number of para-hydroxylation sites is 1. The van der Waals surface area contributed by atoms with Crippen molar-refractivity contribution < 1.29 is 9.21 Å². The number of hydrogen-bond acceptors (Lipinski definition) is 3. The Morgan fingerprint density at radius 2 is 2.10 bits per heavy atom. The summed E-state index contributed by atoms with van der Waals surface area (Å²) in [6.45, 7) is 1.98. The lowest BCUT2D eigenvalue weighted by atomic mass is 10.1. The molecule has 3 nitrogen and oxygen atoms in total. The Kier molecular flexibility index (Phi) is 3.33. The molecule has 2 heterocycles. The Hall–Kier alpha value is -2.42. The van der Waals surface area contributed by atoms with Crippen molar-refractivity contribution in [3.63, 3.8) is 0 Å². The van der Waals surface area contributed by atoms with Gasteiger partial charge in [-0.25, -0.2) is 0 Å². The predicted molar refractivity (Wildman–Crippen MR) is 77.8 cm³/mol. The summed E-state index contributed by atoms with van der Waals surface area (Å²) in [5.74, 6) is 0.455. The summed E-state index contributed by atoms with van der Waals surface area (Å²) in [4.78, 5) is 16.4. The largest absolute Gasteiger partial charge is 0.453 e. The van der Waals surface area contributed by atoms with Crippen molar-refractivity contribution in [1.29, 1.82) is 0 Å². The summed E-state index contributed by atoms with van der Waals surface area (Å²) in [7, 11) is 0. The van der Waals surface area contributed by atoms with Crippen LogP contribution in [0.2, 0.25) is 0 Å². The molecule has 3 rings (SSSR count). The molecule has 0 radical (unpaired) electrons. The molecule has 20 heavy (non-hydrogen) atoms. The third-order valence-corrected chi connectivity index (χ3v) is 3.35. The number of ketones is 1. The van der Waals surface area contributed by atoms with Crippen LogP contribution in [0.3, 0.4) is 0 Å². The Labute approximate surface area is 117 Å². The van der Waals surface area contributed by atoms with E-state index in [9.17, 15) is 4.79 Å². The van der Waals surface area contributed by atoms with Gasteiger partial charge in [0.1, 0.15) is 5.58 Å². The van der Waals surface area contributed by atoms with Crippen molar-refractivity contribution >= 4 is 16.8 Å². The van der Waals surface area contributed by atoms with Crippen LogP contribution in [-0.2, 0) is 6.42 Å². The molecule has 0 fully saturated rings. The Balaban J connectivity index is 1.77. The second kappa shape index (κ2) is 5.29. The Morgan fingerprint density at radius 3 is 2.85 bits per heavy atom. The van der Waals surface area contributed by atoms with E-state index in [0.29, 0.717) is 18.6 Å². The van der Waals surface area contributed by atoms with Crippen molar-refractivity contribution in [2.45, 2.75) is 19.8 Å². The fourth-order valence-electron chi connectivity index (χ4n) is 2.26. The van der Waals surface area contributed by atoms with Crippen LogP contribution >= 0.6 is 0 Å². The molecule has 0 atom stereocenters. The van der Waals surface area contributed by atoms with Gasteiger partial charge in [-0.05, 0) is 37.1 Å². The van der Waals surface area contributed by atoms with Gasteiger partial charge in [0, 0.05) is 23.7 Å². The highest BCUT2D eigenvalue weighted by atomic mass is 16.3. The first-order valence-corrected chi connectivity index (χ1v) is 6.66. The maximum Gasteiger partial charge on any atom is 0.198 e. The van der Waals surface area contributed by atoms with Crippen LogP contribution in [0.5, 0.6) is 0 Å². The van der Waals surface area contributed by atoms with Gasteiger partial charge in [0.05, 0.1) is 0 Å². The zero-order chi connectivity index (χ0) is 13.9. The SMILES string of the molecule is Cc1cccc2cc(C(=O)CCc3ccccn3)oc12. The molecule has 0 N–H and O–H groups in total. The first-order valence-electron chi connectivity index (χ1n) is 6.66. The molecule has 2 aromatic heterocycles. The van der Waals surface area contributed by atoms with Gasteiger partial charge in [0.25, 0.3) is 0 Å². The van der Waals surface area contributed by atoms with Gasteiger partial charge in [-0.3, -0.25) is 9.78 Å². The van der Waals surface area contributed by atoms with Gasteiger partial charge >= 0.3 is 0 Å². The number of fused-ring (bicyclic) bond motifs is 1. The highest BCUT2D eigenvalue weighted by Gasteiger charge is 2.13. The predicted octanol–water partition coefficient (Wildman–Crippen LogP) is 3.95. The minimum atomic E-state index is 0.0197. The zero-order valence-electron chi connectivity index (χ0n) is 11.3. The average Bonchev–Trinajstić information content (AvgIpc) is 2.91. The molecule has 0 saturated carbocycles. The van der Waals surface area contributed by atoms with Gasteiger partial charge in [-0.15, -0.1) is 0 Å². The molecular weight excluding hydrogens is 250 g/mol. The molecule has 0 saturated heterocycles. The fraction of sp³-hybridized carbons (Fsp3) is 0.176. The van der Waals surface area contributed by atoms with Crippen LogP contribution in [0, 0.1) is 6.92 Å². The van der Waals surface area contributed by atoms with Crippen LogP contribution in [0.1, 0.15) is 28.2 Å². The fourth-order valence-corrected chi connectivity index (χ4v) is 2.26. The molecule has 0 unspecified atom stereocenters. The maximum absolute atomic E-state index is 12.2. The molecule has 1 aromatic carbocycles. The van der Waals surface area contributed by atoms with Crippen molar-refractivity contribution in [3.05, 3.63) is 65.7 Å². The third kappa shape index (κ3) is 2.48. The number of Topliss-reactive ketones (excluding diaryl/α,β-unsaturated/α-hetero) is 1. The van der Waals surface area contributed by atoms with Crippen LogP contribution in [0.15, 0.2) is 53.1 Å². The molecule has 3 heteroatoms. The van der Waals surface area contributed by atoms with Gasteiger partial charge in [-0.2, -0.15) is 0 Å². The summed E-state index contributed by atoms with van der Waals surface area (Å²) in [5.41, 5.74) is 2.77. The standard InChI is InChI=1S/C17H15NO2/c1-12-5-4-6-13-11-16(20-17(12)13)15(19)9-8-14-7-2-3-10-18-14/h2-7,10-11H,8-9H2,1H3. The van der Waals surface area contributed by atoms with E-state index in [2.05, 4.69) is 4.98 Å². The molecule has 100 valence electrons. The van der Waals surface area contributed by atoms with Crippen LogP contribution in [-0.4, -0.2) is 10.8 Å². The number of benzene rings is 1. The van der Waals surface area contributed by atoms with Crippen LogP contribution in [0.25, 0.3) is 11.0 Å². The molecule has 0 aliphatic rings. The van der Waals surface area contributed by atoms with Gasteiger partial charge in [0.2, 0.25) is 0 Å². The highest BCUT2D eigenvalue weighted by molar-refractivity contribution is 5.98. The second-order valence-electron chi connectivity index (χ2n) is 4.85. The molecule has 0 amide bonds. The lowest BCUT2D eigenvalue weighted by Crippen LogP contribution is -2.00. The molecule has 3 aromatic rings. The van der Waals surface area contributed by atoms with Gasteiger partial charge in [0.15, 0.2) is 11.5 Å². The number of aryl methyl sites for hydroxylation is 2. The summed E-state index contributed by atoms with van der Waals surface area (Å²) in [6, 6.07) is 13.5. The van der Waals surface area contributed by atoms with E-state index in [1.807, 2.05) is 49.4 Å². The first-order chi connectivity index (χ1) is 9.74. The lowest BCUT2D eigenvalue weighted by Gasteiger charge is -1.98. The van der Waals surface area contributed by atoms with Gasteiger partial charge in [-0.1, -0.05) is 24.3 Å². The zero-order valence-corrected chi connectivity index (χ0v) is 11.3. The van der Waals surface area contributed by atoms with Crippen molar-refractivity contribution in [2.24, 2.45) is 0 Å². The number of carbonyl (C=O) groups is 1. The highest BCUT2D eigenvalue weighted by Crippen LogP contribution is 2.23. The second-order valence-corrected chi connectivity index (χ2v) is 4.85. The number of carbonyl (C=O) groups excluding carboxylic acids is 1. The third-order valence-electron chi connectivity index (χ3n) is 3.35. The topological polar surface area (TPSA) is 43.1 Å². The van der Waals surface area contributed by atoms with E-state index < -0.39 is 0 Å². The van der Waals surface area contributed by atoms with E-state index in [-0.39, 0.29) is 5.78 Å². The molecule has 0 aliphatic carbocycles. The number of furan rings is 1. The number of hydrogen-bond donors (Lipinski definition) is 0. The van der Waals surface area contributed by atoms with E-state index >= 15 is 0 Å². The molecule has 0 aliphatic heterocycles. The minimum absolute atomic E-state index is 0.0197. The van der Waals surface area contributed by atoms with Gasteiger partial charge < -0.3 is 4.42 Å². The Morgan fingerprint density at radius 1 is 1.20 bits per heavy atom. The van der Waals surface area contributed by atoms with Crippen LogP contribution < -0.4 is 0 Å². The normalized spacial score (nSPS) is 10.8. The summed E-state index contributed by atoms with van der Waals surface area (Å²) in [6.07, 6.45) is 2.79. The summed E-state index contributed by atoms with van der Waals surface area (Å²) >= 11 is 0. The lowest BCUT2D eigenvalue weighted by molar-refractivity contribution is 0.0958. The Bertz CT molecular complexity index is 744. The minimum Gasteiger partial charge on any atom is -0.453 e. The van der Waals surface area contributed by atoms with Crippen molar-refractivity contribution in [1.82, 2.24) is 4.98 Å².